The lowest BCUT2D eigenvalue weighted by Gasteiger charge is -2.21. The second kappa shape index (κ2) is 8.99. The maximum atomic E-state index is 13.0. The predicted molar refractivity (Wildman–Crippen MR) is 102 cm³/mol. The van der Waals surface area contributed by atoms with Crippen LogP contribution in [0.1, 0.15) is 18.9 Å². The molecule has 0 radical (unpaired) electrons. The summed E-state index contributed by atoms with van der Waals surface area (Å²) in [5.74, 6) is -0.604. The molecule has 2 rings (SSSR count). The van der Waals surface area contributed by atoms with E-state index in [2.05, 4.69) is 5.32 Å². The molecule has 26 heavy (non-hydrogen) atoms. The van der Waals surface area contributed by atoms with E-state index in [1.165, 1.54) is 19.1 Å². The highest BCUT2D eigenvalue weighted by atomic mass is 19.1. The lowest BCUT2D eigenvalue weighted by molar-refractivity contribution is -0.129. The molecule has 0 atom stereocenters. The summed E-state index contributed by atoms with van der Waals surface area (Å²) in [5.41, 5.74) is 2.58. The molecule has 0 heterocycles. The van der Waals surface area contributed by atoms with Crippen molar-refractivity contribution in [1.82, 2.24) is 4.90 Å². The molecule has 5 nitrogen and oxygen atoms in total. The summed E-state index contributed by atoms with van der Waals surface area (Å²) >= 11 is 0. The molecule has 0 spiro atoms. The first-order chi connectivity index (χ1) is 12.3. The lowest BCUT2D eigenvalue weighted by atomic mass is 10.2. The van der Waals surface area contributed by atoms with Gasteiger partial charge in [0, 0.05) is 51.9 Å². The fourth-order valence-electron chi connectivity index (χ4n) is 2.46. The summed E-state index contributed by atoms with van der Waals surface area (Å²) in [4.78, 5) is 27.5. The second-order valence-corrected chi connectivity index (χ2v) is 6.31. The molecule has 0 aromatic heterocycles. The Morgan fingerprint density at radius 2 is 1.62 bits per heavy atom. The molecular weight excluding hydrogens is 333 g/mol. The molecule has 0 saturated heterocycles. The Morgan fingerprint density at radius 3 is 2.15 bits per heavy atom. The fourth-order valence-corrected chi connectivity index (χ4v) is 2.46. The van der Waals surface area contributed by atoms with Crippen molar-refractivity contribution in [1.29, 1.82) is 0 Å². The van der Waals surface area contributed by atoms with Gasteiger partial charge in [-0.1, -0.05) is 12.1 Å². The molecule has 138 valence electrons. The summed E-state index contributed by atoms with van der Waals surface area (Å²) in [5, 5.41) is 2.83. The van der Waals surface area contributed by atoms with E-state index in [4.69, 9.17) is 0 Å². The summed E-state index contributed by atoms with van der Waals surface area (Å²) in [6, 6.07) is 13.5. The van der Waals surface area contributed by atoms with Crippen molar-refractivity contribution in [2.24, 2.45) is 0 Å². The molecule has 6 heteroatoms. The van der Waals surface area contributed by atoms with Gasteiger partial charge in [0.2, 0.25) is 11.8 Å². The molecule has 0 aliphatic heterocycles. The second-order valence-electron chi connectivity index (χ2n) is 6.31. The van der Waals surface area contributed by atoms with Crippen molar-refractivity contribution in [3.8, 4) is 0 Å². The van der Waals surface area contributed by atoms with E-state index in [1.807, 2.05) is 43.3 Å². The van der Waals surface area contributed by atoms with Crippen LogP contribution in [0.25, 0.3) is 0 Å². The van der Waals surface area contributed by atoms with Gasteiger partial charge in [-0.15, -0.1) is 0 Å². The van der Waals surface area contributed by atoms with E-state index >= 15 is 0 Å². The van der Waals surface area contributed by atoms with Gasteiger partial charge in [0.1, 0.15) is 5.82 Å². The van der Waals surface area contributed by atoms with E-state index in [9.17, 15) is 14.0 Å². The number of nitrogens with zero attached hydrogens (tertiary/aromatic N) is 2. The van der Waals surface area contributed by atoms with Gasteiger partial charge in [-0.25, -0.2) is 4.39 Å². The van der Waals surface area contributed by atoms with Crippen molar-refractivity contribution < 1.29 is 14.0 Å². The third-order valence-corrected chi connectivity index (χ3v) is 4.01. The van der Waals surface area contributed by atoms with E-state index in [-0.39, 0.29) is 24.1 Å². The van der Waals surface area contributed by atoms with Crippen molar-refractivity contribution in [3.05, 3.63) is 59.9 Å². The number of halogens is 1. The van der Waals surface area contributed by atoms with Crippen molar-refractivity contribution in [2.45, 2.75) is 19.9 Å². The molecule has 2 amide bonds. The minimum atomic E-state index is -0.317. The smallest absolute Gasteiger partial charge is 0.226 e. The SMILES string of the molecule is CC(=O)N(CCC(=O)Nc1ccc(N(C)C)cc1)Cc1ccc(F)cc1. The largest absolute Gasteiger partial charge is 0.378 e. The molecule has 0 saturated carbocycles. The Kier molecular flexibility index (Phi) is 6.72. The van der Waals surface area contributed by atoms with Gasteiger partial charge < -0.3 is 15.1 Å². The number of hydrogen-bond acceptors (Lipinski definition) is 3. The Balaban J connectivity index is 1.88. The van der Waals surface area contributed by atoms with Gasteiger partial charge in [0.25, 0.3) is 0 Å². The zero-order chi connectivity index (χ0) is 19.1. The van der Waals surface area contributed by atoms with Gasteiger partial charge >= 0.3 is 0 Å². The van der Waals surface area contributed by atoms with Gasteiger partial charge in [-0.05, 0) is 42.0 Å². The number of hydrogen-bond donors (Lipinski definition) is 1. The third kappa shape index (κ3) is 5.88. The highest BCUT2D eigenvalue weighted by Gasteiger charge is 2.12. The molecular formula is C20H24FN3O2. The van der Waals surface area contributed by atoms with Gasteiger partial charge in [0.15, 0.2) is 0 Å². The van der Waals surface area contributed by atoms with E-state index in [1.54, 1.807) is 17.0 Å². The van der Waals surface area contributed by atoms with Crippen molar-refractivity contribution in [3.63, 3.8) is 0 Å². The minimum absolute atomic E-state index is 0.127. The van der Waals surface area contributed by atoms with Crippen LogP contribution in [-0.4, -0.2) is 37.4 Å². The number of benzene rings is 2. The maximum absolute atomic E-state index is 13.0. The molecule has 1 N–H and O–H groups in total. The summed E-state index contributed by atoms with van der Waals surface area (Å²) in [6.45, 7) is 2.11. The standard InChI is InChI=1S/C20H24FN3O2/c1-15(25)24(14-16-4-6-17(21)7-5-16)13-12-20(26)22-18-8-10-19(11-9-18)23(2)3/h4-11H,12-14H2,1-3H3,(H,22,26). The van der Waals surface area contributed by atoms with Gasteiger partial charge in [0.05, 0.1) is 0 Å². The Hall–Kier alpha value is -2.89. The number of carbonyl (C=O) groups is 2. The number of anilines is 2. The summed E-state index contributed by atoms with van der Waals surface area (Å²) in [7, 11) is 3.90. The van der Waals surface area contributed by atoms with E-state index in [0.29, 0.717) is 18.8 Å². The lowest BCUT2D eigenvalue weighted by Crippen LogP contribution is -2.31. The number of rotatable bonds is 7. The van der Waals surface area contributed by atoms with E-state index in [0.717, 1.165) is 11.3 Å². The minimum Gasteiger partial charge on any atom is -0.378 e. The van der Waals surface area contributed by atoms with Crippen molar-refractivity contribution >= 4 is 23.2 Å². The van der Waals surface area contributed by atoms with Crippen LogP contribution in [0.3, 0.4) is 0 Å². The molecule has 0 aliphatic carbocycles. The summed E-state index contributed by atoms with van der Waals surface area (Å²) in [6.07, 6.45) is 0.191. The fraction of sp³-hybridized carbons (Fsp3) is 0.300. The van der Waals surface area contributed by atoms with Crippen LogP contribution >= 0.6 is 0 Å². The van der Waals surface area contributed by atoms with Crippen LogP contribution in [0.5, 0.6) is 0 Å². The number of nitrogens with one attached hydrogen (secondary N) is 1. The Labute approximate surface area is 153 Å². The zero-order valence-corrected chi connectivity index (χ0v) is 15.3. The first-order valence-electron chi connectivity index (χ1n) is 8.42. The molecule has 2 aromatic rings. The van der Waals surface area contributed by atoms with Crippen LogP contribution in [0.2, 0.25) is 0 Å². The van der Waals surface area contributed by atoms with E-state index < -0.39 is 0 Å². The maximum Gasteiger partial charge on any atom is 0.226 e. The number of carbonyl (C=O) groups excluding carboxylic acids is 2. The quantitative estimate of drug-likeness (QED) is 0.827. The average molecular weight is 357 g/mol. The normalized spacial score (nSPS) is 10.3. The van der Waals surface area contributed by atoms with Crippen LogP contribution in [-0.2, 0) is 16.1 Å². The third-order valence-electron chi connectivity index (χ3n) is 4.01. The number of amides is 2. The predicted octanol–water partition coefficient (Wildman–Crippen LogP) is 3.27. The van der Waals surface area contributed by atoms with Crippen LogP contribution in [0, 0.1) is 5.82 Å². The molecule has 0 unspecified atom stereocenters. The molecule has 0 aliphatic rings. The highest BCUT2D eigenvalue weighted by Crippen LogP contribution is 2.16. The van der Waals surface area contributed by atoms with Crippen molar-refractivity contribution in [2.75, 3.05) is 30.9 Å². The monoisotopic (exact) mass is 357 g/mol. The molecule has 0 fully saturated rings. The Bertz CT molecular complexity index is 743. The van der Waals surface area contributed by atoms with Gasteiger partial charge in [-0.3, -0.25) is 9.59 Å². The molecule has 2 aromatic carbocycles. The van der Waals surface area contributed by atoms with Gasteiger partial charge in [-0.2, -0.15) is 0 Å². The molecule has 0 bridgehead atoms. The van der Waals surface area contributed by atoms with Crippen LogP contribution < -0.4 is 10.2 Å². The Morgan fingerprint density at radius 1 is 1.00 bits per heavy atom. The summed E-state index contributed by atoms with van der Waals surface area (Å²) < 4.78 is 13.0. The average Bonchev–Trinajstić information content (AvgIpc) is 2.60. The zero-order valence-electron chi connectivity index (χ0n) is 15.3. The highest BCUT2D eigenvalue weighted by molar-refractivity contribution is 5.91. The first kappa shape index (κ1) is 19.4. The topological polar surface area (TPSA) is 52.7 Å². The van der Waals surface area contributed by atoms with Crippen LogP contribution in [0.4, 0.5) is 15.8 Å². The first-order valence-corrected chi connectivity index (χ1v) is 8.42. The van der Waals surface area contributed by atoms with Crippen LogP contribution in [0.15, 0.2) is 48.5 Å².